The first-order chi connectivity index (χ1) is 9.84. The van der Waals surface area contributed by atoms with Gasteiger partial charge in [-0.1, -0.05) is 54.6 Å². The first-order valence-electron chi connectivity index (χ1n) is 6.45. The highest BCUT2D eigenvalue weighted by Crippen LogP contribution is 2.32. The first kappa shape index (κ1) is 16.4. The Morgan fingerprint density at radius 3 is 1.38 bits per heavy atom. The lowest BCUT2D eigenvalue weighted by Gasteiger charge is -2.07. The Kier molecular flexibility index (Phi) is 5.61. The summed E-state index contributed by atoms with van der Waals surface area (Å²) in [7, 11) is 0. The minimum absolute atomic E-state index is 0.310. The van der Waals surface area contributed by atoms with E-state index in [-0.39, 0.29) is 11.5 Å². The first-order valence-corrected chi connectivity index (χ1v) is 6.45. The molecule has 0 saturated heterocycles. The van der Waals surface area contributed by atoms with Gasteiger partial charge in [-0.2, -0.15) is 0 Å². The van der Waals surface area contributed by atoms with Crippen LogP contribution in [0.5, 0.6) is 17.2 Å². The topological polar surface area (TPSA) is 60.7 Å². The highest BCUT2D eigenvalue weighted by atomic mass is 16.3. The third kappa shape index (κ3) is 4.42. The lowest BCUT2D eigenvalue weighted by Crippen LogP contribution is -1.86. The van der Waals surface area contributed by atoms with Crippen LogP contribution in [-0.2, 0) is 0 Å². The SMILES string of the molecule is C=C(C)c1ccccc1C(=C)C.Oc1cccc(O)c1O. The second-order valence-electron chi connectivity index (χ2n) is 4.75. The van der Waals surface area contributed by atoms with Gasteiger partial charge in [-0.05, 0) is 37.1 Å². The number of rotatable bonds is 2. The molecular formula is C18H20O3. The van der Waals surface area contributed by atoms with E-state index in [9.17, 15) is 0 Å². The summed E-state index contributed by atoms with van der Waals surface area (Å²) in [4.78, 5) is 0. The summed E-state index contributed by atoms with van der Waals surface area (Å²) in [6.45, 7) is 11.9. The fourth-order valence-corrected chi connectivity index (χ4v) is 1.75. The van der Waals surface area contributed by atoms with Crippen molar-refractivity contribution < 1.29 is 15.3 Å². The van der Waals surface area contributed by atoms with E-state index in [1.807, 2.05) is 26.0 Å². The number of phenolic OH excluding ortho intramolecular Hbond substituents is 3. The predicted octanol–water partition coefficient (Wildman–Crippen LogP) is 4.56. The number of hydrogen-bond acceptors (Lipinski definition) is 3. The Labute approximate surface area is 125 Å². The normalized spacial score (nSPS) is 9.43. The van der Waals surface area contributed by atoms with Gasteiger partial charge in [0.25, 0.3) is 0 Å². The molecule has 0 spiro atoms. The minimum Gasteiger partial charge on any atom is -0.504 e. The lowest BCUT2D eigenvalue weighted by molar-refractivity contribution is 0.368. The quantitative estimate of drug-likeness (QED) is 0.709. The largest absolute Gasteiger partial charge is 0.504 e. The van der Waals surface area contributed by atoms with Crippen molar-refractivity contribution in [2.45, 2.75) is 13.8 Å². The van der Waals surface area contributed by atoms with Crippen LogP contribution < -0.4 is 0 Å². The molecule has 3 heteroatoms. The Morgan fingerprint density at radius 1 is 0.714 bits per heavy atom. The maximum Gasteiger partial charge on any atom is 0.200 e. The molecule has 0 unspecified atom stereocenters. The van der Waals surface area contributed by atoms with Gasteiger partial charge in [-0.25, -0.2) is 0 Å². The average Bonchev–Trinajstić information content (AvgIpc) is 2.45. The van der Waals surface area contributed by atoms with E-state index in [2.05, 4.69) is 25.3 Å². The molecule has 3 nitrogen and oxygen atoms in total. The summed E-state index contributed by atoms with van der Waals surface area (Å²) in [5.41, 5.74) is 4.58. The summed E-state index contributed by atoms with van der Waals surface area (Å²) in [5, 5.41) is 26.1. The third-order valence-corrected chi connectivity index (χ3v) is 2.84. The van der Waals surface area contributed by atoms with Gasteiger partial charge < -0.3 is 15.3 Å². The van der Waals surface area contributed by atoms with Crippen LogP contribution in [0.3, 0.4) is 0 Å². The van der Waals surface area contributed by atoms with Gasteiger partial charge in [0.1, 0.15) is 0 Å². The summed E-state index contributed by atoms with van der Waals surface area (Å²) in [6.07, 6.45) is 0. The molecule has 2 aromatic carbocycles. The van der Waals surface area contributed by atoms with E-state index in [4.69, 9.17) is 15.3 Å². The molecule has 0 aliphatic rings. The molecule has 0 saturated carbocycles. The highest BCUT2D eigenvalue weighted by molar-refractivity contribution is 5.76. The summed E-state index contributed by atoms with van der Waals surface area (Å²) >= 11 is 0. The van der Waals surface area contributed by atoms with Crippen molar-refractivity contribution in [3.05, 3.63) is 66.7 Å². The van der Waals surface area contributed by atoms with Gasteiger partial charge in [0.05, 0.1) is 0 Å². The number of phenols is 3. The van der Waals surface area contributed by atoms with Gasteiger partial charge >= 0.3 is 0 Å². The maximum absolute atomic E-state index is 8.71. The molecule has 21 heavy (non-hydrogen) atoms. The molecule has 0 aromatic heterocycles. The molecule has 0 bridgehead atoms. The van der Waals surface area contributed by atoms with E-state index < -0.39 is 5.75 Å². The third-order valence-electron chi connectivity index (χ3n) is 2.84. The Hall–Kier alpha value is -2.68. The van der Waals surface area contributed by atoms with Gasteiger partial charge in [0, 0.05) is 0 Å². The van der Waals surface area contributed by atoms with Crippen LogP contribution in [-0.4, -0.2) is 15.3 Å². The van der Waals surface area contributed by atoms with E-state index in [0.29, 0.717) is 0 Å². The van der Waals surface area contributed by atoms with Crippen molar-refractivity contribution in [1.29, 1.82) is 0 Å². The smallest absolute Gasteiger partial charge is 0.200 e. The van der Waals surface area contributed by atoms with Crippen LogP contribution >= 0.6 is 0 Å². The molecular weight excluding hydrogens is 264 g/mol. The minimum atomic E-state index is -0.475. The lowest BCUT2D eigenvalue weighted by atomic mass is 9.98. The van der Waals surface area contributed by atoms with Crippen LogP contribution in [0.4, 0.5) is 0 Å². The van der Waals surface area contributed by atoms with Crippen LogP contribution in [0.2, 0.25) is 0 Å². The molecule has 0 radical (unpaired) electrons. The molecule has 0 aliphatic carbocycles. The van der Waals surface area contributed by atoms with Crippen molar-refractivity contribution >= 4 is 11.1 Å². The number of aromatic hydroxyl groups is 3. The Balaban J connectivity index is 0.000000219. The average molecular weight is 284 g/mol. The molecule has 0 atom stereocenters. The fraction of sp³-hybridized carbons (Fsp3) is 0.111. The van der Waals surface area contributed by atoms with Crippen LogP contribution in [0.25, 0.3) is 11.1 Å². The highest BCUT2D eigenvalue weighted by Gasteiger charge is 2.01. The van der Waals surface area contributed by atoms with Crippen LogP contribution in [0, 0.1) is 0 Å². The molecule has 110 valence electrons. The molecule has 2 aromatic rings. The van der Waals surface area contributed by atoms with Crippen molar-refractivity contribution in [2.24, 2.45) is 0 Å². The van der Waals surface area contributed by atoms with Crippen molar-refractivity contribution in [3.8, 4) is 17.2 Å². The number of benzene rings is 2. The molecule has 0 fully saturated rings. The standard InChI is InChI=1S/C12H14.C6H6O3/c1-9(2)11-7-5-6-8-12(11)10(3)4;7-4-2-1-3-5(8)6(4)9/h5-8H,1,3H2,2,4H3;1-3,7-9H. The van der Waals surface area contributed by atoms with Gasteiger partial charge in [0.15, 0.2) is 17.2 Å². The maximum atomic E-state index is 8.71. The molecule has 0 amide bonds. The van der Waals surface area contributed by atoms with Gasteiger partial charge in [-0.3, -0.25) is 0 Å². The fourth-order valence-electron chi connectivity index (χ4n) is 1.75. The summed E-state index contributed by atoms with van der Waals surface area (Å²) in [5.74, 6) is -1.09. The van der Waals surface area contributed by atoms with Crippen molar-refractivity contribution in [2.75, 3.05) is 0 Å². The zero-order chi connectivity index (χ0) is 16.0. The zero-order valence-electron chi connectivity index (χ0n) is 12.3. The molecule has 0 aliphatic heterocycles. The predicted molar refractivity (Wildman–Crippen MR) is 87.3 cm³/mol. The Bertz CT molecular complexity index is 604. The number of allylic oxidation sites excluding steroid dienone is 2. The van der Waals surface area contributed by atoms with E-state index >= 15 is 0 Å². The number of hydrogen-bond donors (Lipinski definition) is 3. The zero-order valence-corrected chi connectivity index (χ0v) is 12.3. The second kappa shape index (κ2) is 7.20. The van der Waals surface area contributed by atoms with E-state index in [1.165, 1.54) is 29.3 Å². The van der Waals surface area contributed by atoms with E-state index in [0.717, 1.165) is 11.1 Å². The van der Waals surface area contributed by atoms with Gasteiger partial charge in [-0.15, -0.1) is 0 Å². The van der Waals surface area contributed by atoms with Crippen molar-refractivity contribution in [1.82, 2.24) is 0 Å². The molecule has 0 heterocycles. The number of para-hydroxylation sites is 1. The van der Waals surface area contributed by atoms with E-state index in [1.54, 1.807) is 0 Å². The monoisotopic (exact) mass is 284 g/mol. The Morgan fingerprint density at radius 2 is 1.10 bits per heavy atom. The van der Waals surface area contributed by atoms with Crippen LogP contribution in [0.15, 0.2) is 55.6 Å². The van der Waals surface area contributed by atoms with Crippen molar-refractivity contribution in [3.63, 3.8) is 0 Å². The van der Waals surface area contributed by atoms with Gasteiger partial charge in [0.2, 0.25) is 0 Å². The second-order valence-corrected chi connectivity index (χ2v) is 4.75. The molecule has 2 rings (SSSR count). The summed E-state index contributed by atoms with van der Waals surface area (Å²) < 4.78 is 0. The molecule has 3 N–H and O–H groups in total. The summed E-state index contributed by atoms with van der Waals surface area (Å²) in [6, 6.07) is 12.2. The van der Waals surface area contributed by atoms with Crippen LogP contribution in [0.1, 0.15) is 25.0 Å².